The van der Waals surface area contributed by atoms with E-state index in [1.807, 2.05) is 51.1 Å². The van der Waals surface area contributed by atoms with E-state index in [4.69, 9.17) is 14.3 Å². The van der Waals surface area contributed by atoms with Crippen molar-refractivity contribution in [3.63, 3.8) is 0 Å². The van der Waals surface area contributed by atoms with Gasteiger partial charge in [-0.3, -0.25) is 9.63 Å². The second kappa shape index (κ2) is 11.2. The van der Waals surface area contributed by atoms with Crippen LogP contribution in [0.5, 0.6) is 5.75 Å². The summed E-state index contributed by atoms with van der Waals surface area (Å²) in [5.41, 5.74) is 5.85. The summed E-state index contributed by atoms with van der Waals surface area (Å²) in [6, 6.07) is 15.5. The van der Waals surface area contributed by atoms with Crippen molar-refractivity contribution in [2.24, 2.45) is 5.92 Å². The Morgan fingerprint density at radius 3 is 2.27 bits per heavy atom. The highest BCUT2D eigenvalue weighted by molar-refractivity contribution is 5.76. The first kappa shape index (κ1) is 25.3. The number of hydrogen-bond donors (Lipinski definition) is 1. The molecule has 3 rings (SSSR count). The SMILES string of the molecule is CC(C)c1cccc([C@H](C)C2CC2)c1OCOC(=O)[C@H](Cc1ccccc1)NOC(C)(C)C. The molecule has 1 aliphatic carbocycles. The number of rotatable bonds is 11. The highest BCUT2D eigenvalue weighted by Crippen LogP contribution is 2.46. The van der Waals surface area contributed by atoms with Crippen molar-refractivity contribution >= 4 is 5.97 Å². The minimum Gasteiger partial charge on any atom is -0.457 e. The Morgan fingerprint density at radius 1 is 1.00 bits per heavy atom. The van der Waals surface area contributed by atoms with E-state index < -0.39 is 17.6 Å². The molecule has 1 aliphatic rings. The lowest BCUT2D eigenvalue weighted by Gasteiger charge is -2.25. The highest BCUT2D eigenvalue weighted by atomic mass is 16.7. The molecule has 0 aliphatic heterocycles. The number of esters is 1. The zero-order valence-electron chi connectivity index (χ0n) is 20.9. The summed E-state index contributed by atoms with van der Waals surface area (Å²) in [5, 5.41) is 0. The number of carbonyl (C=O) groups is 1. The van der Waals surface area contributed by atoms with Gasteiger partial charge < -0.3 is 9.47 Å². The molecule has 0 aromatic heterocycles. The molecule has 0 radical (unpaired) electrons. The number of ether oxygens (including phenoxy) is 2. The smallest absolute Gasteiger partial charge is 0.328 e. The van der Waals surface area contributed by atoms with Crippen LogP contribution in [0.15, 0.2) is 48.5 Å². The Hall–Kier alpha value is -2.37. The standard InChI is InChI=1S/C28H39NO4/c1-19(2)23-13-10-14-24(20(3)22-15-16-22)26(23)31-18-32-27(30)25(29-33-28(4,5)6)17-21-11-8-7-9-12-21/h7-14,19-20,22,25,29H,15-18H2,1-6H3/t20-,25+/m1/s1. The Labute approximate surface area is 198 Å². The maximum absolute atomic E-state index is 13.0. The topological polar surface area (TPSA) is 56.8 Å². The molecule has 1 saturated carbocycles. The van der Waals surface area contributed by atoms with Crippen LogP contribution in [0.3, 0.4) is 0 Å². The summed E-state index contributed by atoms with van der Waals surface area (Å²) in [6.07, 6.45) is 2.99. The Kier molecular flexibility index (Phi) is 8.55. The van der Waals surface area contributed by atoms with Gasteiger partial charge in [-0.15, -0.1) is 0 Å². The van der Waals surface area contributed by atoms with E-state index in [0.717, 1.165) is 16.9 Å². The van der Waals surface area contributed by atoms with Crippen LogP contribution < -0.4 is 10.2 Å². The molecular weight excluding hydrogens is 414 g/mol. The van der Waals surface area contributed by atoms with Crippen LogP contribution in [0, 0.1) is 5.92 Å². The maximum atomic E-state index is 13.0. The molecule has 0 bridgehead atoms. The van der Waals surface area contributed by atoms with E-state index in [9.17, 15) is 4.79 Å². The number of para-hydroxylation sites is 1. The molecule has 0 amide bonds. The van der Waals surface area contributed by atoms with Crippen LogP contribution in [0.4, 0.5) is 0 Å². The van der Waals surface area contributed by atoms with Crippen LogP contribution in [-0.4, -0.2) is 24.4 Å². The summed E-state index contributed by atoms with van der Waals surface area (Å²) in [7, 11) is 0. The fourth-order valence-corrected chi connectivity index (χ4v) is 3.92. The molecule has 0 heterocycles. The zero-order valence-corrected chi connectivity index (χ0v) is 20.9. The van der Waals surface area contributed by atoms with Gasteiger partial charge in [0, 0.05) is 6.42 Å². The van der Waals surface area contributed by atoms with Crippen molar-refractivity contribution in [1.29, 1.82) is 0 Å². The lowest BCUT2D eigenvalue weighted by atomic mass is 9.90. The van der Waals surface area contributed by atoms with Crippen molar-refractivity contribution in [3.8, 4) is 5.75 Å². The molecule has 0 spiro atoms. The van der Waals surface area contributed by atoms with Gasteiger partial charge in [0.1, 0.15) is 11.8 Å². The van der Waals surface area contributed by atoms with Crippen molar-refractivity contribution in [2.75, 3.05) is 6.79 Å². The third-order valence-electron chi connectivity index (χ3n) is 6.00. The molecule has 0 unspecified atom stereocenters. The van der Waals surface area contributed by atoms with Crippen LogP contribution >= 0.6 is 0 Å². The van der Waals surface area contributed by atoms with Crippen molar-refractivity contribution in [1.82, 2.24) is 5.48 Å². The normalized spacial score (nSPS) is 15.8. The van der Waals surface area contributed by atoms with Gasteiger partial charge in [0.2, 0.25) is 6.79 Å². The van der Waals surface area contributed by atoms with E-state index in [0.29, 0.717) is 24.2 Å². The number of hydrogen-bond acceptors (Lipinski definition) is 5. The van der Waals surface area contributed by atoms with Crippen LogP contribution in [0.2, 0.25) is 0 Å². The van der Waals surface area contributed by atoms with Gasteiger partial charge in [-0.1, -0.05) is 69.3 Å². The van der Waals surface area contributed by atoms with Crippen molar-refractivity contribution in [2.45, 2.75) is 84.3 Å². The fourth-order valence-electron chi connectivity index (χ4n) is 3.92. The average molecular weight is 454 g/mol. The fraction of sp³-hybridized carbons (Fsp3) is 0.536. The van der Waals surface area contributed by atoms with Crippen LogP contribution in [0.25, 0.3) is 0 Å². The van der Waals surface area contributed by atoms with Crippen molar-refractivity contribution < 1.29 is 19.1 Å². The monoisotopic (exact) mass is 453 g/mol. The zero-order chi connectivity index (χ0) is 24.0. The molecule has 5 heteroatoms. The summed E-state index contributed by atoms with van der Waals surface area (Å²) in [5.74, 6) is 1.92. The predicted octanol–water partition coefficient (Wildman–Crippen LogP) is 6.13. The van der Waals surface area contributed by atoms with Gasteiger partial charge in [0.15, 0.2) is 0 Å². The first-order valence-electron chi connectivity index (χ1n) is 12.1. The van der Waals surface area contributed by atoms with E-state index in [1.165, 1.54) is 18.4 Å². The lowest BCUT2D eigenvalue weighted by Crippen LogP contribution is -2.44. The van der Waals surface area contributed by atoms with E-state index in [-0.39, 0.29) is 6.79 Å². The maximum Gasteiger partial charge on any atom is 0.328 e. The van der Waals surface area contributed by atoms with Crippen molar-refractivity contribution in [3.05, 3.63) is 65.2 Å². The molecule has 180 valence electrons. The first-order chi connectivity index (χ1) is 15.7. The first-order valence-corrected chi connectivity index (χ1v) is 12.1. The second-order valence-electron chi connectivity index (χ2n) is 10.3. The minimum atomic E-state index is -0.638. The quantitative estimate of drug-likeness (QED) is 0.252. The third kappa shape index (κ3) is 7.58. The van der Waals surface area contributed by atoms with Crippen LogP contribution in [-0.2, 0) is 20.8 Å². The molecule has 2 aromatic carbocycles. The number of benzene rings is 2. The van der Waals surface area contributed by atoms with Gasteiger partial charge in [0.05, 0.1) is 5.60 Å². The Balaban J connectivity index is 1.68. The Morgan fingerprint density at radius 2 is 1.67 bits per heavy atom. The van der Waals surface area contributed by atoms with Gasteiger partial charge in [0.25, 0.3) is 0 Å². The molecular formula is C28H39NO4. The lowest BCUT2D eigenvalue weighted by molar-refractivity contribution is -0.162. The molecule has 2 atom stereocenters. The number of carbonyl (C=O) groups excluding carboxylic acids is 1. The summed E-state index contributed by atoms with van der Waals surface area (Å²) >= 11 is 0. The molecule has 2 aromatic rings. The minimum absolute atomic E-state index is 0.130. The summed E-state index contributed by atoms with van der Waals surface area (Å²) in [4.78, 5) is 18.7. The van der Waals surface area contributed by atoms with E-state index in [1.54, 1.807) is 0 Å². The average Bonchev–Trinajstić information content (AvgIpc) is 3.61. The van der Waals surface area contributed by atoms with E-state index in [2.05, 4.69) is 44.5 Å². The Bertz CT molecular complexity index is 900. The largest absolute Gasteiger partial charge is 0.457 e. The second-order valence-corrected chi connectivity index (χ2v) is 10.3. The molecule has 33 heavy (non-hydrogen) atoms. The summed E-state index contributed by atoms with van der Waals surface area (Å²) < 4.78 is 11.7. The number of nitrogens with one attached hydrogen (secondary N) is 1. The van der Waals surface area contributed by atoms with E-state index >= 15 is 0 Å². The van der Waals surface area contributed by atoms with Gasteiger partial charge >= 0.3 is 5.97 Å². The molecule has 5 nitrogen and oxygen atoms in total. The number of hydroxylamine groups is 1. The third-order valence-corrected chi connectivity index (χ3v) is 6.00. The summed E-state index contributed by atoms with van der Waals surface area (Å²) in [6.45, 7) is 12.2. The van der Waals surface area contributed by atoms with Gasteiger partial charge in [-0.25, -0.2) is 0 Å². The van der Waals surface area contributed by atoms with Gasteiger partial charge in [-0.05, 0) is 68.1 Å². The molecule has 1 N–H and O–H groups in total. The van der Waals surface area contributed by atoms with Crippen LogP contribution in [0.1, 0.15) is 82.9 Å². The molecule has 0 saturated heterocycles. The molecule has 1 fully saturated rings. The predicted molar refractivity (Wildman–Crippen MR) is 131 cm³/mol. The highest BCUT2D eigenvalue weighted by Gasteiger charge is 2.32. The van der Waals surface area contributed by atoms with Gasteiger partial charge in [-0.2, -0.15) is 5.48 Å².